The molecule has 2 aromatic heterocycles. The van der Waals surface area contributed by atoms with Crippen LogP contribution in [-0.4, -0.2) is 20.9 Å². The molecule has 10 heteroatoms. The third kappa shape index (κ3) is 3.59. The van der Waals surface area contributed by atoms with Crippen molar-refractivity contribution >= 4 is 22.9 Å². The van der Waals surface area contributed by atoms with Crippen LogP contribution in [0.5, 0.6) is 0 Å². The van der Waals surface area contributed by atoms with Gasteiger partial charge in [0.15, 0.2) is 5.82 Å². The fraction of sp³-hybridized carbons (Fsp3) is 0.0526. The van der Waals surface area contributed by atoms with Gasteiger partial charge in [-0.2, -0.15) is 13.2 Å². The van der Waals surface area contributed by atoms with Crippen molar-refractivity contribution in [2.24, 2.45) is 5.73 Å². The fourth-order valence-corrected chi connectivity index (χ4v) is 2.86. The lowest BCUT2D eigenvalue weighted by molar-refractivity contribution is -0.141. The summed E-state index contributed by atoms with van der Waals surface area (Å²) in [6.45, 7) is 0. The highest BCUT2D eigenvalue weighted by atomic mass is 19.4. The molecule has 4 N–H and O–H groups in total. The average Bonchev–Trinajstić information content (AvgIpc) is 3.10. The number of aromatic nitrogens is 3. The number of carbonyl (C=O) groups is 1. The summed E-state index contributed by atoms with van der Waals surface area (Å²) in [4.78, 5) is 23.5. The Morgan fingerprint density at radius 3 is 2.45 bits per heavy atom. The minimum atomic E-state index is -4.68. The molecule has 0 atom stereocenters. The van der Waals surface area contributed by atoms with Crippen LogP contribution in [0.15, 0.2) is 60.7 Å². The van der Waals surface area contributed by atoms with Gasteiger partial charge in [0.25, 0.3) is 5.91 Å². The Hall–Kier alpha value is -3.95. The molecule has 0 spiro atoms. The first-order valence-electron chi connectivity index (χ1n) is 8.37. The number of rotatable bonds is 3. The van der Waals surface area contributed by atoms with Gasteiger partial charge in [-0.05, 0) is 30.3 Å². The highest BCUT2D eigenvalue weighted by molar-refractivity contribution is 6.20. The van der Waals surface area contributed by atoms with Gasteiger partial charge in [-0.25, -0.2) is 9.97 Å². The van der Waals surface area contributed by atoms with E-state index >= 15 is 0 Å². The summed E-state index contributed by atoms with van der Waals surface area (Å²) in [6.07, 6.45) is -2.09. The number of primary amides is 1. The van der Waals surface area contributed by atoms with Crippen molar-refractivity contribution in [2.75, 3.05) is 10.6 Å². The summed E-state index contributed by atoms with van der Waals surface area (Å²) in [7, 11) is 0. The monoisotopic (exact) mass is 398 g/mol. The Labute approximate surface area is 162 Å². The van der Waals surface area contributed by atoms with E-state index < -0.39 is 23.6 Å². The minimum absolute atomic E-state index is 0.102. The number of nitrogens with one attached hydrogen (secondary N) is 2. The Morgan fingerprint density at radius 2 is 1.76 bits per heavy atom. The average molecular weight is 398 g/mol. The molecule has 1 aromatic carbocycles. The van der Waals surface area contributed by atoms with E-state index in [1.165, 1.54) is 0 Å². The molecule has 146 valence electrons. The number of alkyl halides is 3. The van der Waals surface area contributed by atoms with Crippen LogP contribution < -0.4 is 16.4 Å². The molecule has 0 saturated heterocycles. The van der Waals surface area contributed by atoms with E-state index in [4.69, 9.17) is 5.73 Å². The van der Waals surface area contributed by atoms with Gasteiger partial charge in [-0.15, -0.1) is 0 Å². The van der Waals surface area contributed by atoms with Crippen LogP contribution in [0.25, 0.3) is 16.8 Å². The minimum Gasteiger partial charge on any atom is -0.365 e. The number of hydrogen-bond acceptors (Lipinski definition) is 6. The van der Waals surface area contributed by atoms with E-state index in [9.17, 15) is 18.0 Å². The quantitative estimate of drug-likeness (QED) is 0.585. The Balaban J connectivity index is 1.74. The molecule has 0 saturated carbocycles. The number of halogens is 3. The topological polar surface area (TPSA) is 106 Å². The normalized spacial score (nSPS) is 14.6. The maximum atomic E-state index is 13.0. The van der Waals surface area contributed by atoms with Crippen LogP contribution in [0.2, 0.25) is 0 Å². The molecule has 29 heavy (non-hydrogen) atoms. The van der Waals surface area contributed by atoms with Gasteiger partial charge in [0.1, 0.15) is 17.1 Å². The zero-order chi connectivity index (χ0) is 20.6. The van der Waals surface area contributed by atoms with E-state index in [-0.39, 0.29) is 11.4 Å². The summed E-state index contributed by atoms with van der Waals surface area (Å²) < 4.78 is 38.9. The highest BCUT2D eigenvalue weighted by Gasteiger charge is 2.34. The molecule has 3 heterocycles. The van der Waals surface area contributed by atoms with Gasteiger partial charge < -0.3 is 16.4 Å². The molecule has 0 radical (unpaired) electrons. The number of amides is 1. The lowest BCUT2D eigenvalue weighted by atomic mass is 10.1. The van der Waals surface area contributed by atoms with Gasteiger partial charge in [0.2, 0.25) is 0 Å². The zero-order valence-corrected chi connectivity index (χ0v) is 14.7. The Kier molecular flexibility index (Phi) is 4.38. The standard InChI is InChI=1S/C19H13F3N6O/c20-19(21,22)14-6-8-25-17(28-14)15(16(23)29)18-26-12-5-4-10(9-13(12)27-18)11-3-1-2-7-24-11/h1-9,26-27H,(H2,23,29)/b18-15-. The molecule has 4 rings (SSSR count). The Morgan fingerprint density at radius 1 is 0.966 bits per heavy atom. The maximum Gasteiger partial charge on any atom is 0.433 e. The summed E-state index contributed by atoms with van der Waals surface area (Å²) in [5.74, 6) is -1.30. The van der Waals surface area contributed by atoms with Crippen LogP contribution in [0.1, 0.15) is 11.5 Å². The molecule has 7 nitrogen and oxygen atoms in total. The first-order valence-corrected chi connectivity index (χ1v) is 8.37. The summed E-state index contributed by atoms with van der Waals surface area (Å²) in [6, 6.07) is 11.6. The van der Waals surface area contributed by atoms with Crippen LogP contribution >= 0.6 is 0 Å². The molecule has 0 unspecified atom stereocenters. The van der Waals surface area contributed by atoms with Gasteiger partial charge in [0.05, 0.1) is 17.1 Å². The third-order valence-electron chi connectivity index (χ3n) is 4.17. The van der Waals surface area contributed by atoms with Crippen LogP contribution in [-0.2, 0) is 11.0 Å². The van der Waals surface area contributed by atoms with Crippen molar-refractivity contribution in [1.29, 1.82) is 0 Å². The molecule has 1 aliphatic rings. The molecule has 3 aromatic rings. The largest absolute Gasteiger partial charge is 0.433 e. The third-order valence-corrected chi connectivity index (χ3v) is 4.17. The number of benzene rings is 1. The van der Waals surface area contributed by atoms with Crippen molar-refractivity contribution in [2.45, 2.75) is 6.18 Å². The summed E-state index contributed by atoms with van der Waals surface area (Å²) in [5, 5.41) is 5.90. The van der Waals surface area contributed by atoms with Crippen LogP contribution in [0, 0.1) is 0 Å². The molecular formula is C19H13F3N6O. The van der Waals surface area contributed by atoms with E-state index in [1.54, 1.807) is 24.4 Å². The van der Waals surface area contributed by atoms with Gasteiger partial charge in [-0.3, -0.25) is 9.78 Å². The first-order chi connectivity index (χ1) is 13.8. The van der Waals surface area contributed by atoms with Gasteiger partial charge in [-0.1, -0.05) is 12.1 Å². The number of carbonyl (C=O) groups excluding carboxylic acids is 1. The van der Waals surface area contributed by atoms with Gasteiger partial charge in [0, 0.05) is 18.0 Å². The second kappa shape index (κ2) is 6.89. The van der Waals surface area contributed by atoms with Crippen molar-refractivity contribution in [3.63, 3.8) is 0 Å². The predicted molar refractivity (Wildman–Crippen MR) is 100 cm³/mol. The lowest BCUT2D eigenvalue weighted by Crippen LogP contribution is -2.21. The second-order valence-corrected chi connectivity index (χ2v) is 6.10. The molecule has 1 amide bonds. The second-order valence-electron chi connectivity index (χ2n) is 6.10. The van der Waals surface area contributed by atoms with Crippen molar-refractivity contribution in [3.05, 3.63) is 72.2 Å². The van der Waals surface area contributed by atoms with E-state index in [1.807, 2.05) is 18.2 Å². The zero-order valence-electron chi connectivity index (χ0n) is 14.7. The fourth-order valence-electron chi connectivity index (χ4n) is 2.86. The highest BCUT2D eigenvalue weighted by Crippen LogP contribution is 2.36. The van der Waals surface area contributed by atoms with Crippen molar-refractivity contribution in [1.82, 2.24) is 15.0 Å². The SMILES string of the molecule is NC(=O)/C(=C1\Nc2ccc(-c3ccccn3)cc2N1)c1nccc(C(F)(F)F)n1. The first kappa shape index (κ1) is 18.4. The molecule has 0 aliphatic carbocycles. The number of nitrogens with zero attached hydrogens (tertiary/aromatic N) is 3. The van der Waals surface area contributed by atoms with Crippen molar-refractivity contribution < 1.29 is 18.0 Å². The van der Waals surface area contributed by atoms with E-state index in [0.29, 0.717) is 11.4 Å². The number of fused-ring (bicyclic) bond motifs is 1. The van der Waals surface area contributed by atoms with E-state index in [0.717, 1.165) is 23.5 Å². The number of nitrogens with two attached hydrogens (primary N) is 1. The van der Waals surface area contributed by atoms with Crippen molar-refractivity contribution in [3.8, 4) is 11.3 Å². The number of hydrogen-bond donors (Lipinski definition) is 3. The summed E-state index contributed by atoms with van der Waals surface area (Å²) >= 11 is 0. The Bertz CT molecular complexity index is 1130. The molecule has 0 fully saturated rings. The molecular weight excluding hydrogens is 385 g/mol. The number of anilines is 2. The lowest BCUT2D eigenvalue weighted by Gasteiger charge is -2.10. The number of pyridine rings is 1. The van der Waals surface area contributed by atoms with Crippen LogP contribution in [0.4, 0.5) is 24.5 Å². The summed E-state index contributed by atoms with van der Waals surface area (Å²) in [5.41, 5.74) is 6.74. The predicted octanol–water partition coefficient (Wildman–Crippen LogP) is 3.25. The smallest absolute Gasteiger partial charge is 0.365 e. The maximum absolute atomic E-state index is 13.0. The van der Waals surface area contributed by atoms with E-state index in [2.05, 4.69) is 25.6 Å². The van der Waals surface area contributed by atoms with Crippen LogP contribution in [0.3, 0.4) is 0 Å². The molecule has 1 aliphatic heterocycles. The molecule has 0 bridgehead atoms. The van der Waals surface area contributed by atoms with Gasteiger partial charge >= 0.3 is 6.18 Å².